The zero-order chi connectivity index (χ0) is 23.1. The summed E-state index contributed by atoms with van der Waals surface area (Å²) < 4.78 is 27.7. The van der Waals surface area contributed by atoms with Crippen molar-refractivity contribution in [1.29, 1.82) is 0 Å². The predicted octanol–water partition coefficient (Wildman–Crippen LogP) is 3.91. The van der Waals surface area contributed by atoms with Crippen molar-refractivity contribution in [1.82, 2.24) is 19.4 Å². The molecular weight excluding hydrogens is 445 g/mol. The number of thioether (sulfide) groups is 1. The van der Waals surface area contributed by atoms with Crippen LogP contribution >= 0.6 is 11.8 Å². The Kier molecular flexibility index (Phi) is 5.29. The molecule has 0 bridgehead atoms. The first-order valence-electron chi connectivity index (χ1n) is 10.1. The normalized spacial score (nSPS) is 12.3. The second-order valence-electron chi connectivity index (χ2n) is 7.56. The van der Waals surface area contributed by atoms with Gasteiger partial charge in [0.2, 0.25) is 11.9 Å². The van der Waals surface area contributed by atoms with Crippen molar-refractivity contribution < 1.29 is 18.7 Å². The van der Waals surface area contributed by atoms with Crippen LogP contribution in [0.4, 0.5) is 4.39 Å². The highest BCUT2D eigenvalue weighted by Gasteiger charge is 2.21. The molecule has 168 valence electrons. The van der Waals surface area contributed by atoms with Crippen molar-refractivity contribution in [2.24, 2.45) is 0 Å². The van der Waals surface area contributed by atoms with Crippen LogP contribution in [0.2, 0.25) is 0 Å². The van der Waals surface area contributed by atoms with Gasteiger partial charge in [-0.05, 0) is 44.2 Å². The van der Waals surface area contributed by atoms with E-state index in [9.17, 15) is 9.18 Å². The van der Waals surface area contributed by atoms with Crippen LogP contribution in [0.15, 0.2) is 53.7 Å². The highest BCUT2D eigenvalue weighted by atomic mass is 32.2. The number of Topliss-reactive ketones (excluding diaryl/α,β-unsaturated/α-hetero) is 1. The van der Waals surface area contributed by atoms with E-state index in [1.807, 2.05) is 42.7 Å². The lowest BCUT2D eigenvalue weighted by molar-refractivity contribution is 0.102. The van der Waals surface area contributed by atoms with Crippen LogP contribution in [0, 0.1) is 19.7 Å². The first-order valence-corrected chi connectivity index (χ1v) is 11.1. The van der Waals surface area contributed by atoms with E-state index >= 15 is 0 Å². The van der Waals surface area contributed by atoms with Gasteiger partial charge in [0.05, 0.1) is 5.75 Å². The number of hydrogen-bond donors (Lipinski definition) is 1. The van der Waals surface area contributed by atoms with Gasteiger partial charge in [0, 0.05) is 34.3 Å². The lowest BCUT2D eigenvalue weighted by atomic mass is 10.2. The molecule has 0 saturated heterocycles. The van der Waals surface area contributed by atoms with E-state index < -0.39 is 5.82 Å². The van der Waals surface area contributed by atoms with Crippen molar-refractivity contribution in [2.75, 3.05) is 18.4 Å². The quantitative estimate of drug-likeness (QED) is 0.262. The van der Waals surface area contributed by atoms with E-state index in [1.54, 1.807) is 12.1 Å². The number of aryl methyl sites for hydroxylation is 1. The number of ketones is 1. The summed E-state index contributed by atoms with van der Waals surface area (Å²) in [7, 11) is 0. The molecule has 4 aromatic rings. The highest BCUT2D eigenvalue weighted by molar-refractivity contribution is 7.99. The average molecular weight is 466 g/mol. The lowest BCUT2D eigenvalue weighted by Gasteiger charge is -2.10. The van der Waals surface area contributed by atoms with Crippen molar-refractivity contribution >= 4 is 17.5 Å². The maximum absolute atomic E-state index is 13.5. The number of carbonyl (C=O) groups excluding carboxylic acids is 1. The topological polar surface area (TPSA) is 97.2 Å². The number of halogens is 1. The fraction of sp³-hybridized carbons (Fsp3) is 0.174. The molecule has 2 N–H and O–H groups in total. The van der Waals surface area contributed by atoms with E-state index in [-0.39, 0.29) is 18.3 Å². The van der Waals surface area contributed by atoms with Gasteiger partial charge in [-0.2, -0.15) is 0 Å². The van der Waals surface area contributed by atoms with Gasteiger partial charge in [0.1, 0.15) is 5.82 Å². The van der Waals surface area contributed by atoms with E-state index in [0.29, 0.717) is 33.6 Å². The summed E-state index contributed by atoms with van der Waals surface area (Å²) in [6.45, 7) is 4.06. The second kappa shape index (κ2) is 8.28. The van der Waals surface area contributed by atoms with Gasteiger partial charge in [0.15, 0.2) is 23.1 Å². The standard InChI is InChI=1S/C23H20FN5O3S/c1-13-8-18(14(2)28(13)17-6-7-20-21(10-17)32-12-31-20)19(30)11-33-23-27-26-22(29(23)25)15-4-3-5-16(24)9-15/h3-10H,11-12,25H2,1-2H3. The van der Waals surface area contributed by atoms with Crippen LogP contribution in [0.3, 0.4) is 0 Å². The van der Waals surface area contributed by atoms with Crippen molar-refractivity contribution in [3.8, 4) is 28.6 Å². The van der Waals surface area contributed by atoms with Crippen LogP contribution in [0.5, 0.6) is 11.5 Å². The molecule has 8 nitrogen and oxygen atoms in total. The summed E-state index contributed by atoms with van der Waals surface area (Å²) >= 11 is 1.18. The second-order valence-corrected chi connectivity index (χ2v) is 8.50. The van der Waals surface area contributed by atoms with Crippen LogP contribution in [0.1, 0.15) is 21.7 Å². The molecule has 2 aromatic heterocycles. The van der Waals surface area contributed by atoms with Gasteiger partial charge in [-0.3, -0.25) is 4.79 Å². The number of fused-ring (bicyclic) bond motifs is 1. The Labute approximate surface area is 193 Å². The number of ether oxygens (including phenoxy) is 2. The van der Waals surface area contributed by atoms with E-state index in [4.69, 9.17) is 15.3 Å². The number of nitrogen functional groups attached to an aromatic ring is 1. The molecule has 3 heterocycles. The number of nitrogens with zero attached hydrogens (tertiary/aromatic N) is 4. The van der Waals surface area contributed by atoms with Gasteiger partial charge in [0.25, 0.3) is 0 Å². The SMILES string of the molecule is Cc1cc(C(=O)CSc2nnc(-c3cccc(F)c3)n2N)c(C)n1-c1ccc2c(c1)OCO2. The lowest BCUT2D eigenvalue weighted by Crippen LogP contribution is -2.13. The van der Waals surface area contributed by atoms with Gasteiger partial charge < -0.3 is 19.9 Å². The molecule has 0 amide bonds. The monoisotopic (exact) mass is 465 g/mol. The van der Waals surface area contributed by atoms with Gasteiger partial charge in [-0.25, -0.2) is 9.07 Å². The molecule has 1 aliphatic rings. The average Bonchev–Trinajstić information content (AvgIpc) is 3.49. The molecule has 0 fully saturated rings. The van der Waals surface area contributed by atoms with E-state index in [0.717, 1.165) is 17.1 Å². The molecular formula is C23H20FN5O3S. The molecule has 1 aliphatic heterocycles. The van der Waals surface area contributed by atoms with Crippen molar-refractivity contribution in [2.45, 2.75) is 19.0 Å². The Balaban J connectivity index is 1.35. The van der Waals surface area contributed by atoms with Crippen molar-refractivity contribution in [3.63, 3.8) is 0 Å². The minimum absolute atomic E-state index is 0.0598. The minimum Gasteiger partial charge on any atom is -0.454 e. The third kappa shape index (κ3) is 3.82. The van der Waals surface area contributed by atoms with E-state index in [2.05, 4.69) is 10.2 Å². The van der Waals surface area contributed by atoms with E-state index in [1.165, 1.54) is 28.6 Å². The van der Waals surface area contributed by atoms with Gasteiger partial charge in [-0.15, -0.1) is 10.2 Å². The first-order chi connectivity index (χ1) is 15.9. The molecule has 2 aromatic carbocycles. The summed E-state index contributed by atoms with van der Waals surface area (Å²) in [5.41, 5.74) is 3.77. The van der Waals surface area contributed by atoms with Crippen molar-refractivity contribution in [3.05, 3.63) is 71.3 Å². The van der Waals surface area contributed by atoms with Crippen LogP contribution in [0.25, 0.3) is 17.1 Å². The Morgan fingerprint density at radius 3 is 2.76 bits per heavy atom. The highest BCUT2D eigenvalue weighted by Crippen LogP contribution is 2.35. The summed E-state index contributed by atoms with van der Waals surface area (Å²) in [6.07, 6.45) is 0. The Hall–Kier alpha value is -3.79. The fourth-order valence-electron chi connectivity index (χ4n) is 3.87. The molecule has 10 heteroatoms. The largest absolute Gasteiger partial charge is 0.454 e. The fourth-order valence-corrected chi connectivity index (χ4v) is 4.61. The third-order valence-corrected chi connectivity index (χ3v) is 6.37. The molecule has 5 rings (SSSR count). The predicted molar refractivity (Wildman–Crippen MR) is 122 cm³/mol. The Morgan fingerprint density at radius 2 is 1.94 bits per heavy atom. The number of hydrogen-bond acceptors (Lipinski definition) is 7. The summed E-state index contributed by atoms with van der Waals surface area (Å²) in [4.78, 5) is 13.0. The summed E-state index contributed by atoms with van der Waals surface area (Å²) in [6, 6.07) is 13.5. The number of rotatable bonds is 6. The summed E-state index contributed by atoms with van der Waals surface area (Å²) in [5.74, 6) is 7.49. The number of nitrogens with two attached hydrogens (primary N) is 1. The molecule has 0 unspecified atom stereocenters. The minimum atomic E-state index is -0.391. The van der Waals surface area contributed by atoms with Gasteiger partial charge >= 0.3 is 0 Å². The molecule has 0 saturated carbocycles. The maximum atomic E-state index is 13.5. The molecule has 33 heavy (non-hydrogen) atoms. The van der Waals surface area contributed by atoms with Gasteiger partial charge in [-0.1, -0.05) is 23.9 Å². The zero-order valence-corrected chi connectivity index (χ0v) is 18.7. The zero-order valence-electron chi connectivity index (χ0n) is 17.9. The number of benzene rings is 2. The number of carbonyl (C=O) groups is 1. The molecule has 0 radical (unpaired) electrons. The maximum Gasteiger partial charge on any atom is 0.231 e. The third-order valence-electron chi connectivity index (χ3n) is 5.43. The first kappa shape index (κ1) is 21.1. The molecule has 0 aliphatic carbocycles. The Morgan fingerprint density at radius 1 is 1.12 bits per heavy atom. The van der Waals surface area contributed by atoms with Crippen LogP contribution in [-0.4, -0.2) is 37.8 Å². The Bertz CT molecular complexity index is 1380. The van der Waals surface area contributed by atoms with Crippen LogP contribution < -0.4 is 15.3 Å². The molecule has 0 spiro atoms. The summed E-state index contributed by atoms with van der Waals surface area (Å²) in [5, 5.41) is 8.47. The van der Waals surface area contributed by atoms with Crippen LogP contribution in [-0.2, 0) is 0 Å². The smallest absolute Gasteiger partial charge is 0.231 e. The number of aromatic nitrogens is 4. The molecule has 0 atom stereocenters.